The van der Waals surface area contributed by atoms with E-state index in [4.69, 9.17) is 25.8 Å². The molecule has 2 aromatic heterocycles. The summed E-state index contributed by atoms with van der Waals surface area (Å²) in [4.78, 5) is 32.7. The van der Waals surface area contributed by atoms with Gasteiger partial charge in [-0.3, -0.25) is 9.36 Å². The van der Waals surface area contributed by atoms with E-state index in [9.17, 15) is 9.59 Å². The first-order chi connectivity index (χ1) is 19.4. The molecule has 0 N–H and O–H groups in total. The van der Waals surface area contributed by atoms with Crippen molar-refractivity contribution in [1.29, 1.82) is 0 Å². The number of carbonyl (C=O) groups is 1. The Morgan fingerprint density at radius 2 is 1.90 bits per heavy atom. The van der Waals surface area contributed by atoms with Gasteiger partial charge in [-0.1, -0.05) is 53.3 Å². The monoisotopic (exact) mass is 594 g/mol. The molecule has 206 valence electrons. The summed E-state index contributed by atoms with van der Waals surface area (Å²) >= 11 is 9.04. The highest BCUT2D eigenvalue weighted by molar-refractivity contribution is 7.10. The zero-order chi connectivity index (χ0) is 28.2. The first-order valence-electron chi connectivity index (χ1n) is 12.8. The number of halogens is 1. The van der Waals surface area contributed by atoms with E-state index in [1.807, 2.05) is 66.9 Å². The molecule has 4 aromatic rings. The van der Waals surface area contributed by atoms with Gasteiger partial charge in [0.05, 0.1) is 29.0 Å². The second-order valence-electron chi connectivity index (χ2n) is 8.84. The fourth-order valence-corrected chi connectivity index (χ4v) is 6.49. The second kappa shape index (κ2) is 12.2. The highest BCUT2D eigenvalue weighted by Crippen LogP contribution is 2.33. The number of ether oxygens (including phenoxy) is 3. The zero-order valence-corrected chi connectivity index (χ0v) is 24.6. The van der Waals surface area contributed by atoms with Gasteiger partial charge in [-0.2, -0.15) is 0 Å². The number of benzene rings is 2. The molecule has 3 heterocycles. The van der Waals surface area contributed by atoms with Gasteiger partial charge in [0.25, 0.3) is 5.56 Å². The third-order valence-corrected chi connectivity index (χ3v) is 8.51. The number of carbonyl (C=O) groups excluding carboxylic acids is 1. The molecule has 0 amide bonds. The van der Waals surface area contributed by atoms with Gasteiger partial charge in [-0.25, -0.2) is 9.79 Å². The topological polar surface area (TPSA) is 79.1 Å². The van der Waals surface area contributed by atoms with E-state index in [0.29, 0.717) is 50.3 Å². The van der Waals surface area contributed by atoms with Crippen molar-refractivity contribution in [1.82, 2.24) is 4.57 Å². The van der Waals surface area contributed by atoms with Crippen molar-refractivity contribution in [3.8, 4) is 11.5 Å². The lowest BCUT2D eigenvalue weighted by atomic mass is 10.0. The largest absolute Gasteiger partial charge is 0.490 e. The maximum atomic E-state index is 13.8. The number of hydrogen-bond acceptors (Lipinski definition) is 8. The van der Waals surface area contributed by atoms with E-state index in [0.717, 1.165) is 16.0 Å². The maximum Gasteiger partial charge on any atom is 0.338 e. The number of hydrogen-bond donors (Lipinski definition) is 0. The Hall–Kier alpha value is -3.66. The van der Waals surface area contributed by atoms with Gasteiger partial charge in [0, 0.05) is 15.5 Å². The molecular weight excluding hydrogens is 568 g/mol. The van der Waals surface area contributed by atoms with Crippen molar-refractivity contribution in [2.75, 3.05) is 13.2 Å². The molecule has 1 aliphatic heterocycles. The van der Waals surface area contributed by atoms with Crippen LogP contribution in [0.3, 0.4) is 0 Å². The molecule has 2 aromatic carbocycles. The second-order valence-corrected chi connectivity index (χ2v) is 11.2. The average molecular weight is 595 g/mol. The van der Waals surface area contributed by atoms with Gasteiger partial charge in [0.15, 0.2) is 16.3 Å². The molecule has 0 aliphatic carbocycles. The molecule has 7 nitrogen and oxygen atoms in total. The number of nitrogens with zero attached hydrogens (tertiary/aromatic N) is 2. The van der Waals surface area contributed by atoms with Crippen molar-refractivity contribution in [2.24, 2.45) is 4.99 Å². The van der Waals surface area contributed by atoms with E-state index in [-0.39, 0.29) is 12.2 Å². The SMILES string of the molecule is CCOC(=O)C1=C(C)N=c2s/c(=C/c3ccc(OCc4ccccc4Cl)c(OCC)c3)c(=O)n2[C@H]1c1cccs1. The Morgan fingerprint density at radius 3 is 2.62 bits per heavy atom. The lowest BCUT2D eigenvalue weighted by Gasteiger charge is -2.23. The lowest BCUT2D eigenvalue weighted by molar-refractivity contribution is -0.139. The molecule has 0 saturated carbocycles. The van der Waals surface area contributed by atoms with Crippen molar-refractivity contribution >= 4 is 46.3 Å². The molecule has 0 unspecified atom stereocenters. The third kappa shape index (κ3) is 5.63. The molecule has 0 fully saturated rings. The van der Waals surface area contributed by atoms with Crippen molar-refractivity contribution in [2.45, 2.75) is 33.4 Å². The van der Waals surface area contributed by atoms with Gasteiger partial charge in [0.1, 0.15) is 12.6 Å². The highest BCUT2D eigenvalue weighted by Gasteiger charge is 2.33. The lowest BCUT2D eigenvalue weighted by Crippen LogP contribution is -2.39. The summed E-state index contributed by atoms with van der Waals surface area (Å²) in [5, 5.41) is 2.56. The molecule has 1 aliphatic rings. The molecule has 0 saturated heterocycles. The van der Waals surface area contributed by atoms with Gasteiger partial charge < -0.3 is 14.2 Å². The fourth-order valence-electron chi connectivity index (χ4n) is 4.43. The molecular formula is C30H27ClN2O5S2. The van der Waals surface area contributed by atoms with E-state index >= 15 is 0 Å². The van der Waals surface area contributed by atoms with Crippen LogP contribution in [0.15, 0.2) is 81.0 Å². The van der Waals surface area contributed by atoms with E-state index in [2.05, 4.69) is 4.99 Å². The number of thiazole rings is 1. The quantitative estimate of drug-likeness (QED) is 0.239. The minimum Gasteiger partial charge on any atom is -0.490 e. The number of thiophene rings is 1. The third-order valence-electron chi connectivity index (χ3n) is 6.24. The van der Waals surface area contributed by atoms with Crippen molar-refractivity contribution < 1.29 is 19.0 Å². The van der Waals surface area contributed by atoms with E-state index in [1.165, 1.54) is 22.7 Å². The Morgan fingerprint density at radius 1 is 1.07 bits per heavy atom. The predicted molar refractivity (Wildman–Crippen MR) is 158 cm³/mol. The van der Waals surface area contributed by atoms with Crippen molar-refractivity contribution in [3.05, 3.63) is 112 Å². The number of aromatic nitrogens is 1. The minimum atomic E-state index is -0.600. The van der Waals surface area contributed by atoms with Gasteiger partial charge in [-0.05, 0) is 62.1 Å². The maximum absolute atomic E-state index is 13.8. The minimum absolute atomic E-state index is 0.228. The average Bonchev–Trinajstić information content (AvgIpc) is 3.57. The van der Waals surface area contributed by atoms with Crippen LogP contribution in [0, 0.1) is 0 Å². The summed E-state index contributed by atoms with van der Waals surface area (Å²) in [5.74, 6) is 0.672. The normalized spacial score (nSPS) is 15.0. The number of esters is 1. The summed E-state index contributed by atoms with van der Waals surface area (Å²) in [7, 11) is 0. The first kappa shape index (κ1) is 27.9. The number of rotatable bonds is 9. The predicted octanol–water partition coefficient (Wildman–Crippen LogP) is 5.49. The number of allylic oxidation sites excluding steroid dienone is 1. The van der Waals surface area contributed by atoms with Crippen LogP contribution in [0.4, 0.5) is 0 Å². The molecule has 40 heavy (non-hydrogen) atoms. The van der Waals surface area contributed by atoms with Crippen LogP contribution >= 0.6 is 34.3 Å². The van der Waals surface area contributed by atoms with Crippen LogP contribution < -0.4 is 24.4 Å². The highest BCUT2D eigenvalue weighted by atomic mass is 35.5. The van der Waals surface area contributed by atoms with Gasteiger partial charge in [0.2, 0.25) is 0 Å². The fraction of sp³-hybridized carbons (Fsp3) is 0.233. The van der Waals surface area contributed by atoms with E-state index < -0.39 is 12.0 Å². The summed E-state index contributed by atoms with van der Waals surface area (Å²) in [6.07, 6.45) is 1.80. The van der Waals surface area contributed by atoms with Crippen LogP contribution in [0.1, 0.15) is 42.8 Å². The molecule has 1 atom stereocenters. The van der Waals surface area contributed by atoms with Crippen LogP contribution in [0.25, 0.3) is 6.08 Å². The summed E-state index contributed by atoms with van der Waals surface area (Å²) in [6.45, 7) is 6.41. The van der Waals surface area contributed by atoms with Crippen LogP contribution in [0.5, 0.6) is 11.5 Å². The Bertz CT molecular complexity index is 1760. The number of fused-ring (bicyclic) bond motifs is 1. The zero-order valence-electron chi connectivity index (χ0n) is 22.2. The first-order valence-corrected chi connectivity index (χ1v) is 14.8. The summed E-state index contributed by atoms with van der Waals surface area (Å²) in [6, 6.07) is 16.3. The standard InChI is InChI=1S/C30H27ClN2O5S2/c1-4-36-23-15-19(12-13-22(23)38-17-20-9-6-7-10-21(20)31)16-25-28(34)33-27(24-11-8-14-39-24)26(29(35)37-5-2)18(3)32-30(33)40-25/h6-16,27H,4-5,17H2,1-3H3/b25-16+/t27-/m0/s1. The summed E-state index contributed by atoms with van der Waals surface area (Å²) in [5.41, 5.74) is 2.33. The molecule has 0 bridgehead atoms. The van der Waals surface area contributed by atoms with Crippen LogP contribution in [-0.4, -0.2) is 23.8 Å². The molecule has 10 heteroatoms. The van der Waals surface area contributed by atoms with Gasteiger partial charge >= 0.3 is 5.97 Å². The smallest absolute Gasteiger partial charge is 0.338 e. The molecule has 0 spiro atoms. The molecule has 0 radical (unpaired) electrons. The Kier molecular flexibility index (Phi) is 8.54. The van der Waals surface area contributed by atoms with Gasteiger partial charge in [-0.15, -0.1) is 11.3 Å². The molecule has 5 rings (SSSR count). The van der Waals surface area contributed by atoms with E-state index in [1.54, 1.807) is 24.5 Å². The van der Waals surface area contributed by atoms with Crippen molar-refractivity contribution in [3.63, 3.8) is 0 Å². The summed E-state index contributed by atoms with van der Waals surface area (Å²) < 4.78 is 19.3. The van der Waals surface area contributed by atoms with Crippen LogP contribution in [0.2, 0.25) is 5.02 Å². The Balaban J connectivity index is 1.53. The van der Waals surface area contributed by atoms with Crippen LogP contribution in [-0.2, 0) is 16.1 Å². The Labute approximate surface area is 244 Å².